The Balaban J connectivity index is 2.68. The summed E-state index contributed by atoms with van der Waals surface area (Å²) in [4.78, 5) is 0. The van der Waals surface area contributed by atoms with Crippen LogP contribution in [0.5, 0.6) is 0 Å². The van der Waals surface area contributed by atoms with E-state index in [1.165, 1.54) is 12.1 Å². The Morgan fingerprint density at radius 1 is 1.38 bits per heavy atom. The second-order valence-corrected chi connectivity index (χ2v) is 3.52. The van der Waals surface area contributed by atoms with E-state index in [0.29, 0.717) is 12.1 Å². The molecule has 0 fully saturated rings. The van der Waals surface area contributed by atoms with Crippen LogP contribution in [0.3, 0.4) is 0 Å². The van der Waals surface area contributed by atoms with Gasteiger partial charge >= 0.3 is 6.18 Å². The van der Waals surface area contributed by atoms with Crippen LogP contribution < -0.4 is 5.32 Å². The van der Waals surface area contributed by atoms with Crippen LogP contribution in [0.15, 0.2) is 24.3 Å². The standard InChI is InChI=1S/C11H14F3NO/c1-2-10(16)7-15-9-5-3-4-8(6-9)11(12,13)14/h3-6,10,15-16H,2,7H2,1H3. The van der Waals surface area contributed by atoms with Gasteiger partial charge in [0.05, 0.1) is 11.7 Å². The highest BCUT2D eigenvalue weighted by Gasteiger charge is 2.30. The first-order valence-corrected chi connectivity index (χ1v) is 5.02. The highest BCUT2D eigenvalue weighted by atomic mass is 19.4. The van der Waals surface area contributed by atoms with E-state index in [1.807, 2.05) is 0 Å². The van der Waals surface area contributed by atoms with Crippen molar-refractivity contribution >= 4 is 5.69 Å². The summed E-state index contributed by atoms with van der Waals surface area (Å²) in [7, 11) is 0. The molecule has 0 radical (unpaired) electrons. The molecule has 0 spiro atoms. The molecule has 1 atom stereocenters. The lowest BCUT2D eigenvalue weighted by atomic mass is 10.2. The molecule has 0 amide bonds. The van der Waals surface area contributed by atoms with Crippen molar-refractivity contribution in [1.82, 2.24) is 0 Å². The van der Waals surface area contributed by atoms with Crippen molar-refractivity contribution in [2.24, 2.45) is 0 Å². The van der Waals surface area contributed by atoms with Gasteiger partial charge in [-0.3, -0.25) is 0 Å². The third-order valence-corrected chi connectivity index (χ3v) is 2.20. The van der Waals surface area contributed by atoms with Crippen LogP contribution in [0.1, 0.15) is 18.9 Å². The normalized spacial score (nSPS) is 13.6. The Labute approximate surface area is 92.1 Å². The van der Waals surface area contributed by atoms with Crippen molar-refractivity contribution in [1.29, 1.82) is 0 Å². The Morgan fingerprint density at radius 2 is 2.06 bits per heavy atom. The largest absolute Gasteiger partial charge is 0.416 e. The summed E-state index contributed by atoms with van der Waals surface area (Å²) in [5.74, 6) is 0. The fourth-order valence-electron chi connectivity index (χ4n) is 1.19. The molecule has 1 unspecified atom stereocenters. The zero-order chi connectivity index (χ0) is 12.2. The van der Waals surface area contributed by atoms with Crippen LogP contribution in [-0.2, 0) is 6.18 Å². The second-order valence-electron chi connectivity index (χ2n) is 3.52. The minimum atomic E-state index is -4.33. The average Bonchev–Trinajstić information content (AvgIpc) is 2.25. The van der Waals surface area contributed by atoms with Gasteiger partial charge in [0.15, 0.2) is 0 Å². The summed E-state index contributed by atoms with van der Waals surface area (Å²) in [5, 5.41) is 12.0. The number of alkyl halides is 3. The highest BCUT2D eigenvalue weighted by Crippen LogP contribution is 2.30. The van der Waals surface area contributed by atoms with Crippen LogP contribution in [0.2, 0.25) is 0 Å². The molecule has 0 saturated carbocycles. The zero-order valence-electron chi connectivity index (χ0n) is 8.88. The second kappa shape index (κ2) is 5.21. The van der Waals surface area contributed by atoms with Gasteiger partial charge in [0.25, 0.3) is 0 Å². The Hall–Kier alpha value is -1.23. The van der Waals surface area contributed by atoms with Crippen LogP contribution >= 0.6 is 0 Å². The van der Waals surface area contributed by atoms with E-state index in [2.05, 4.69) is 5.32 Å². The number of aliphatic hydroxyl groups is 1. The number of benzene rings is 1. The quantitative estimate of drug-likeness (QED) is 0.838. The number of hydrogen-bond acceptors (Lipinski definition) is 2. The van der Waals surface area contributed by atoms with E-state index in [4.69, 9.17) is 0 Å². The van der Waals surface area contributed by atoms with Crippen molar-refractivity contribution in [2.75, 3.05) is 11.9 Å². The van der Waals surface area contributed by atoms with Gasteiger partial charge in [0, 0.05) is 12.2 Å². The molecule has 0 heterocycles. The third-order valence-electron chi connectivity index (χ3n) is 2.20. The van der Waals surface area contributed by atoms with Gasteiger partial charge in [-0.25, -0.2) is 0 Å². The van der Waals surface area contributed by atoms with Crippen LogP contribution in [0, 0.1) is 0 Å². The molecule has 0 aliphatic heterocycles. The maximum absolute atomic E-state index is 12.4. The Bertz CT molecular complexity index is 338. The lowest BCUT2D eigenvalue weighted by molar-refractivity contribution is -0.137. The molecular weight excluding hydrogens is 219 g/mol. The lowest BCUT2D eigenvalue weighted by Gasteiger charge is -2.12. The van der Waals surface area contributed by atoms with Crippen molar-refractivity contribution in [3.8, 4) is 0 Å². The SMILES string of the molecule is CCC(O)CNc1cccc(C(F)(F)F)c1. The maximum Gasteiger partial charge on any atom is 0.416 e. The summed E-state index contributed by atoms with van der Waals surface area (Å²) >= 11 is 0. The van der Waals surface area contributed by atoms with E-state index < -0.39 is 17.8 Å². The summed E-state index contributed by atoms with van der Waals surface area (Å²) in [6, 6.07) is 4.92. The first-order chi connectivity index (χ1) is 7.43. The first kappa shape index (κ1) is 12.8. The Morgan fingerprint density at radius 3 is 2.62 bits per heavy atom. The summed E-state index contributed by atoms with van der Waals surface area (Å²) in [5.41, 5.74) is -0.328. The Kier molecular flexibility index (Phi) is 4.18. The number of hydrogen-bond donors (Lipinski definition) is 2. The van der Waals surface area contributed by atoms with Gasteiger partial charge in [-0.15, -0.1) is 0 Å². The zero-order valence-corrected chi connectivity index (χ0v) is 8.88. The first-order valence-electron chi connectivity index (χ1n) is 5.02. The summed E-state index contributed by atoms with van der Waals surface area (Å²) in [6.07, 6.45) is -4.32. The number of halogens is 3. The molecule has 1 rings (SSSR count). The third kappa shape index (κ3) is 3.73. The van der Waals surface area contributed by atoms with E-state index in [-0.39, 0.29) is 6.54 Å². The lowest BCUT2D eigenvalue weighted by Crippen LogP contribution is -2.18. The van der Waals surface area contributed by atoms with Crippen LogP contribution in [0.4, 0.5) is 18.9 Å². The molecule has 1 aromatic rings. The highest BCUT2D eigenvalue weighted by molar-refractivity contribution is 5.46. The fourth-order valence-corrected chi connectivity index (χ4v) is 1.19. The van der Waals surface area contributed by atoms with Crippen LogP contribution in [-0.4, -0.2) is 17.8 Å². The maximum atomic E-state index is 12.4. The molecule has 0 aliphatic carbocycles. The fraction of sp³-hybridized carbons (Fsp3) is 0.455. The molecule has 5 heteroatoms. The molecular formula is C11H14F3NO. The van der Waals surface area contributed by atoms with Gasteiger partial charge in [0.1, 0.15) is 0 Å². The molecule has 2 nitrogen and oxygen atoms in total. The van der Waals surface area contributed by atoms with Gasteiger partial charge < -0.3 is 10.4 Å². The number of anilines is 1. The average molecular weight is 233 g/mol. The summed E-state index contributed by atoms with van der Waals surface area (Å²) in [6.45, 7) is 2.05. The number of nitrogens with one attached hydrogen (secondary N) is 1. The number of aliphatic hydroxyl groups excluding tert-OH is 1. The topological polar surface area (TPSA) is 32.3 Å². The molecule has 0 aliphatic rings. The molecule has 90 valence electrons. The molecule has 0 bridgehead atoms. The molecule has 16 heavy (non-hydrogen) atoms. The smallest absolute Gasteiger partial charge is 0.391 e. The van der Waals surface area contributed by atoms with Crippen LogP contribution in [0.25, 0.3) is 0 Å². The number of rotatable bonds is 4. The van der Waals surface area contributed by atoms with Crippen molar-refractivity contribution in [3.05, 3.63) is 29.8 Å². The molecule has 0 saturated heterocycles. The van der Waals surface area contributed by atoms with E-state index in [9.17, 15) is 18.3 Å². The van der Waals surface area contributed by atoms with Crippen molar-refractivity contribution in [3.63, 3.8) is 0 Å². The van der Waals surface area contributed by atoms with E-state index in [0.717, 1.165) is 12.1 Å². The van der Waals surface area contributed by atoms with Gasteiger partial charge in [-0.05, 0) is 24.6 Å². The van der Waals surface area contributed by atoms with E-state index >= 15 is 0 Å². The van der Waals surface area contributed by atoms with Gasteiger partial charge in [0.2, 0.25) is 0 Å². The monoisotopic (exact) mass is 233 g/mol. The van der Waals surface area contributed by atoms with Crippen molar-refractivity contribution < 1.29 is 18.3 Å². The van der Waals surface area contributed by atoms with Gasteiger partial charge in [-0.1, -0.05) is 13.0 Å². The predicted molar refractivity (Wildman–Crippen MR) is 56.2 cm³/mol. The van der Waals surface area contributed by atoms with E-state index in [1.54, 1.807) is 6.92 Å². The molecule has 0 aromatic heterocycles. The van der Waals surface area contributed by atoms with Crippen molar-refractivity contribution in [2.45, 2.75) is 25.6 Å². The molecule has 1 aromatic carbocycles. The summed E-state index contributed by atoms with van der Waals surface area (Å²) < 4.78 is 37.1. The minimum Gasteiger partial charge on any atom is -0.391 e. The minimum absolute atomic E-state index is 0.248. The predicted octanol–water partition coefficient (Wildman–Crippen LogP) is 2.89. The van der Waals surface area contributed by atoms with Gasteiger partial charge in [-0.2, -0.15) is 13.2 Å². The molecule has 2 N–H and O–H groups in total.